The van der Waals surface area contributed by atoms with Crippen molar-refractivity contribution in [2.24, 2.45) is 0 Å². The number of Topliss-reactive ketones (excluding diaryl/α,β-unsaturated/α-hetero) is 1. The molecule has 11 heteroatoms. The summed E-state index contributed by atoms with van der Waals surface area (Å²) in [6, 6.07) is 22.0. The minimum absolute atomic E-state index is 0.109. The predicted molar refractivity (Wildman–Crippen MR) is 158 cm³/mol. The molecule has 0 aliphatic rings. The highest BCUT2D eigenvalue weighted by Gasteiger charge is 2.28. The molecule has 0 bridgehead atoms. The number of rotatable bonds is 12. The summed E-state index contributed by atoms with van der Waals surface area (Å²) in [5, 5.41) is 5.20. The predicted octanol–water partition coefficient (Wildman–Crippen LogP) is 3.43. The number of hydrogen-bond acceptors (Lipinski definition) is 7. The van der Waals surface area contributed by atoms with Gasteiger partial charge in [0.2, 0.25) is 15.8 Å². The molecule has 212 valence electrons. The molecule has 2 heterocycles. The van der Waals surface area contributed by atoms with Crippen molar-refractivity contribution in [3.63, 3.8) is 0 Å². The van der Waals surface area contributed by atoms with Crippen molar-refractivity contribution in [2.45, 2.75) is 30.5 Å². The molecule has 1 atom stereocenters. The molecule has 9 nitrogen and oxygen atoms in total. The number of carbonyl (C=O) groups is 3. The fourth-order valence-corrected chi connectivity index (χ4v) is 6.61. The van der Waals surface area contributed by atoms with Crippen molar-refractivity contribution < 1.29 is 22.8 Å². The second-order valence-electron chi connectivity index (χ2n) is 9.33. The highest BCUT2D eigenvalue weighted by atomic mass is 32.2. The van der Waals surface area contributed by atoms with Crippen molar-refractivity contribution in [3.05, 3.63) is 107 Å². The Labute approximate surface area is 243 Å². The van der Waals surface area contributed by atoms with Gasteiger partial charge in [-0.3, -0.25) is 19.4 Å². The van der Waals surface area contributed by atoms with Crippen LogP contribution < -0.4 is 15.4 Å². The number of aromatic nitrogens is 1. The Morgan fingerprint density at radius 2 is 1.56 bits per heavy atom. The normalized spacial score (nSPS) is 12.0. The van der Waals surface area contributed by atoms with Crippen molar-refractivity contribution in [3.8, 4) is 10.6 Å². The molecule has 0 saturated heterocycles. The first-order chi connectivity index (χ1) is 19.7. The van der Waals surface area contributed by atoms with Crippen LogP contribution >= 0.6 is 11.3 Å². The van der Waals surface area contributed by atoms with E-state index in [9.17, 15) is 22.8 Å². The Bertz CT molecular complexity index is 1620. The lowest BCUT2D eigenvalue weighted by molar-refractivity contribution is -0.138. The van der Waals surface area contributed by atoms with Crippen LogP contribution in [-0.2, 0) is 26.0 Å². The fourth-order valence-electron chi connectivity index (χ4n) is 4.25. The molecule has 2 aromatic heterocycles. The molecule has 0 spiro atoms. The second kappa shape index (κ2) is 13.4. The molecule has 0 radical (unpaired) electrons. The number of amides is 2. The summed E-state index contributed by atoms with van der Waals surface area (Å²) in [4.78, 5) is 44.0. The first-order valence-electron chi connectivity index (χ1n) is 12.9. The van der Waals surface area contributed by atoms with Gasteiger partial charge in [0.25, 0.3) is 11.8 Å². The first-order valence-corrected chi connectivity index (χ1v) is 15.2. The topological polar surface area (TPSA) is 134 Å². The van der Waals surface area contributed by atoms with Gasteiger partial charge in [0.15, 0.2) is 0 Å². The van der Waals surface area contributed by atoms with E-state index >= 15 is 0 Å². The molecule has 0 unspecified atom stereocenters. The zero-order chi connectivity index (χ0) is 29.4. The Morgan fingerprint density at radius 1 is 0.854 bits per heavy atom. The summed E-state index contributed by atoms with van der Waals surface area (Å²) in [7, 11) is -3.83. The third-order valence-corrected chi connectivity index (χ3v) is 9.36. The average Bonchev–Trinajstić information content (AvgIpc) is 3.47. The lowest BCUT2D eigenvalue weighted by Crippen LogP contribution is -2.49. The number of benzene rings is 2. The third kappa shape index (κ3) is 7.72. The smallest absolute Gasteiger partial charge is 0.289 e. The quantitative estimate of drug-likeness (QED) is 0.171. The molecular weight excluding hydrogens is 560 g/mol. The Morgan fingerprint density at radius 3 is 2.24 bits per heavy atom. The highest BCUT2D eigenvalue weighted by Crippen LogP contribution is 2.29. The van der Waals surface area contributed by atoms with Gasteiger partial charge in [-0.15, -0.1) is 11.3 Å². The first kappa shape index (κ1) is 29.8. The summed E-state index contributed by atoms with van der Waals surface area (Å²) in [5.74, 6) is -2.19. The lowest BCUT2D eigenvalue weighted by atomic mass is 9.99. The number of nitrogens with zero attached hydrogens (tertiary/aromatic N) is 1. The number of sulfonamides is 1. The van der Waals surface area contributed by atoms with E-state index in [-0.39, 0.29) is 23.7 Å². The van der Waals surface area contributed by atoms with Gasteiger partial charge in [-0.05, 0) is 54.8 Å². The molecular formula is C30H30N4O5S2. The molecule has 2 aromatic carbocycles. The number of hydrogen-bond donors (Lipinski definition) is 3. The number of thiophene rings is 1. The fraction of sp³-hybridized carbons (Fsp3) is 0.200. The maximum atomic E-state index is 13.2. The molecule has 41 heavy (non-hydrogen) atoms. The zero-order valence-electron chi connectivity index (χ0n) is 22.6. The monoisotopic (exact) mass is 590 g/mol. The van der Waals surface area contributed by atoms with Gasteiger partial charge in [-0.25, -0.2) is 13.1 Å². The summed E-state index contributed by atoms with van der Waals surface area (Å²) in [5.41, 5.74) is 3.40. The van der Waals surface area contributed by atoms with Gasteiger partial charge in [-0.2, -0.15) is 0 Å². The van der Waals surface area contributed by atoms with Gasteiger partial charge >= 0.3 is 0 Å². The number of ketones is 1. The van der Waals surface area contributed by atoms with E-state index in [4.69, 9.17) is 0 Å². The Balaban J connectivity index is 1.37. The van der Waals surface area contributed by atoms with Crippen LogP contribution in [0.15, 0.2) is 89.3 Å². The van der Waals surface area contributed by atoms with Gasteiger partial charge in [0.1, 0.15) is 10.3 Å². The molecule has 4 aromatic rings. The van der Waals surface area contributed by atoms with E-state index in [0.29, 0.717) is 16.1 Å². The largest absolute Gasteiger partial charge is 0.348 e. The van der Waals surface area contributed by atoms with E-state index in [0.717, 1.165) is 28.0 Å². The van der Waals surface area contributed by atoms with Crippen molar-refractivity contribution in [2.75, 3.05) is 13.1 Å². The molecule has 2 amide bonds. The van der Waals surface area contributed by atoms with Crippen LogP contribution in [0.2, 0.25) is 0 Å². The molecule has 0 fully saturated rings. The number of nitrogens with one attached hydrogen (secondary N) is 3. The van der Waals surface area contributed by atoms with E-state index < -0.39 is 33.7 Å². The van der Waals surface area contributed by atoms with Crippen molar-refractivity contribution in [1.82, 2.24) is 20.3 Å². The number of carbonyl (C=O) groups excluding carboxylic acids is 3. The third-order valence-electron chi connectivity index (χ3n) is 6.30. The van der Waals surface area contributed by atoms with E-state index in [1.807, 2.05) is 42.5 Å². The standard InChI is InChI=1S/C30H30N4O5S2/c1-20-9-8-10-21(2)27(20)29(36)34-24(19-22-11-4-3-5-12-22)28(35)30(37)32-17-18-33-41(38,39)26-15-14-25(40-26)23-13-6-7-16-31-23/h3-16,24,33H,17-19H2,1-2H3,(H,32,37)(H,34,36)/t24-/m0/s1. The molecule has 0 saturated carbocycles. The molecule has 0 aliphatic heterocycles. The van der Waals surface area contributed by atoms with Crippen LogP contribution in [0.1, 0.15) is 27.0 Å². The minimum atomic E-state index is -3.83. The molecule has 4 rings (SSSR count). The SMILES string of the molecule is Cc1cccc(C)c1C(=O)N[C@@H](Cc1ccccc1)C(=O)C(=O)NCCNS(=O)(=O)c1ccc(-c2ccccn2)s1. The zero-order valence-corrected chi connectivity index (χ0v) is 24.2. The number of aryl methyl sites for hydroxylation is 2. The van der Waals surface area contributed by atoms with E-state index in [1.54, 1.807) is 50.4 Å². The summed E-state index contributed by atoms with van der Waals surface area (Å²) < 4.78 is 28.0. The summed E-state index contributed by atoms with van der Waals surface area (Å²) in [6.07, 6.45) is 1.75. The van der Waals surface area contributed by atoms with Crippen LogP contribution in [0, 0.1) is 13.8 Å². The Hall–Kier alpha value is -4.19. The minimum Gasteiger partial charge on any atom is -0.348 e. The maximum absolute atomic E-state index is 13.2. The van der Waals surface area contributed by atoms with Crippen LogP contribution in [-0.4, -0.2) is 50.1 Å². The lowest BCUT2D eigenvalue weighted by Gasteiger charge is -2.19. The van der Waals surface area contributed by atoms with Crippen LogP contribution in [0.25, 0.3) is 10.6 Å². The maximum Gasteiger partial charge on any atom is 0.289 e. The van der Waals surface area contributed by atoms with Crippen molar-refractivity contribution >= 4 is 39.0 Å². The van der Waals surface area contributed by atoms with Gasteiger partial charge < -0.3 is 10.6 Å². The highest BCUT2D eigenvalue weighted by molar-refractivity contribution is 7.91. The molecule has 3 N–H and O–H groups in total. The summed E-state index contributed by atoms with van der Waals surface area (Å²) in [6.45, 7) is 3.36. The van der Waals surface area contributed by atoms with E-state index in [2.05, 4.69) is 20.3 Å². The van der Waals surface area contributed by atoms with Crippen LogP contribution in [0.3, 0.4) is 0 Å². The molecule has 0 aliphatic carbocycles. The number of pyridine rings is 1. The van der Waals surface area contributed by atoms with E-state index in [1.165, 1.54) is 6.07 Å². The van der Waals surface area contributed by atoms with Crippen LogP contribution in [0.5, 0.6) is 0 Å². The summed E-state index contributed by atoms with van der Waals surface area (Å²) >= 11 is 1.08. The second-order valence-corrected chi connectivity index (χ2v) is 12.4. The van der Waals surface area contributed by atoms with Gasteiger partial charge in [-0.1, -0.05) is 54.6 Å². The average molecular weight is 591 g/mol. The van der Waals surface area contributed by atoms with Crippen LogP contribution in [0.4, 0.5) is 0 Å². The van der Waals surface area contributed by atoms with Crippen molar-refractivity contribution in [1.29, 1.82) is 0 Å². The van der Waals surface area contributed by atoms with Gasteiger partial charge in [0.05, 0.1) is 10.6 Å². The Kier molecular flexibility index (Phi) is 9.77. The van der Waals surface area contributed by atoms with Gasteiger partial charge in [0, 0.05) is 31.3 Å².